The summed E-state index contributed by atoms with van der Waals surface area (Å²) in [5.74, 6) is 1.55. The van der Waals surface area contributed by atoms with E-state index in [4.69, 9.17) is 4.74 Å². The van der Waals surface area contributed by atoms with E-state index in [9.17, 15) is 13.2 Å². The van der Waals surface area contributed by atoms with Crippen LogP contribution in [-0.4, -0.2) is 35.3 Å². The van der Waals surface area contributed by atoms with Crippen LogP contribution in [0.1, 0.15) is 18.3 Å². The maximum Gasteiger partial charge on any atom is 0.422 e. The standard InChI is InChI=1S/C22H24F3N5O.HI/c1-2-26-21(28-12-16-8-10-18(11-9-16)31-15-22(23,24)25)29-14-20-27-13-19(30-20)17-6-4-3-5-7-17;/h3-11,13H,2,12,14-15H2,1H3,(H,27,30)(H2,26,28,29);1H. The minimum absolute atomic E-state index is 0. The highest BCUT2D eigenvalue weighted by Crippen LogP contribution is 2.19. The molecular formula is C22H25F3IN5O. The van der Waals surface area contributed by atoms with E-state index in [1.165, 1.54) is 12.1 Å². The maximum atomic E-state index is 12.2. The van der Waals surface area contributed by atoms with Gasteiger partial charge in [-0.25, -0.2) is 9.98 Å². The number of aromatic amines is 1. The normalized spacial score (nSPS) is 11.6. The van der Waals surface area contributed by atoms with Crippen LogP contribution in [0.25, 0.3) is 11.3 Å². The zero-order valence-electron chi connectivity index (χ0n) is 17.4. The molecule has 0 saturated heterocycles. The molecule has 0 bridgehead atoms. The van der Waals surface area contributed by atoms with Gasteiger partial charge in [0, 0.05) is 6.54 Å². The van der Waals surface area contributed by atoms with Crippen LogP contribution in [0.3, 0.4) is 0 Å². The largest absolute Gasteiger partial charge is 0.484 e. The number of hydrogen-bond donors (Lipinski definition) is 3. The van der Waals surface area contributed by atoms with Crippen molar-refractivity contribution in [2.75, 3.05) is 13.2 Å². The molecule has 172 valence electrons. The van der Waals surface area contributed by atoms with Gasteiger partial charge in [0.1, 0.15) is 11.6 Å². The van der Waals surface area contributed by atoms with Gasteiger partial charge in [-0.15, -0.1) is 24.0 Å². The van der Waals surface area contributed by atoms with Gasteiger partial charge in [-0.1, -0.05) is 42.5 Å². The van der Waals surface area contributed by atoms with Gasteiger partial charge in [0.15, 0.2) is 12.6 Å². The molecule has 0 fully saturated rings. The zero-order chi connectivity index (χ0) is 22.1. The molecular weight excluding hydrogens is 534 g/mol. The molecule has 3 N–H and O–H groups in total. The average Bonchev–Trinajstić information content (AvgIpc) is 3.24. The van der Waals surface area contributed by atoms with E-state index in [1.54, 1.807) is 18.3 Å². The van der Waals surface area contributed by atoms with Crippen LogP contribution < -0.4 is 15.4 Å². The number of imidazole rings is 1. The Kier molecular flexibility index (Phi) is 9.82. The number of benzene rings is 2. The predicted octanol–water partition coefficient (Wildman–Crippen LogP) is 4.89. The summed E-state index contributed by atoms with van der Waals surface area (Å²) in [6, 6.07) is 16.3. The van der Waals surface area contributed by atoms with E-state index >= 15 is 0 Å². The van der Waals surface area contributed by atoms with Crippen molar-refractivity contribution in [2.24, 2.45) is 4.99 Å². The number of aromatic nitrogens is 2. The van der Waals surface area contributed by atoms with Crippen molar-refractivity contribution in [1.82, 2.24) is 20.6 Å². The first-order chi connectivity index (χ1) is 14.9. The van der Waals surface area contributed by atoms with E-state index in [0.717, 1.165) is 22.6 Å². The maximum absolute atomic E-state index is 12.2. The number of nitrogens with zero attached hydrogens (tertiary/aromatic N) is 2. The fourth-order valence-corrected chi connectivity index (χ4v) is 2.75. The molecule has 0 aliphatic rings. The van der Waals surface area contributed by atoms with E-state index in [0.29, 0.717) is 25.6 Å². The Hall–Kier alpha value is -2.76. The summed E-state index contributed by atoms with van der Waals surface area (Å²) < 4.78 is 41.4. The fourth-order valence-electron chi connectivity index (χ4n) is 2.75. The summed E-state index contributed by atoms with van der Waals surface area (Å²) in [4.78, 5) is 12.2. The van der Waals surface area contributed by atoms with Crippen molar-refractivity contribution < 1.29 is 17.9 Å². The smallest absolute Gasteiger partial charge is 0.422 e. The molecule has 1 aromatic heterocycles. The number of hydrogen-bond acceptors (Lipinski definition) is 3. The number of ether oxygens (including phenoxy) is 1. The molecule has 0 aliphatic heterocycles. The van der Waals surface area contributed by atoms with E-state index in [2.05, 4.69) is 25.6 Å². The molecule has 0 radical (unpaired) electrons. The molecule has 0 saturated carbocycles. The predicted molar refractivity (Wildman–Crippen MR) is 129 cm³/mol. The molecule has 0 aliphatic carbocycles. The van der Waals surface area contributed by atoms with Crippen molar-refractivity contribution in [3.63, 3.8) is 0 Å². The van der Waals surface area contributed by atoms with Crippen LogP contribution in [0.2, 0.25) is 0 Å². The molecule has 3 rings (SSSR count). The third-order valence-corrected chi connectivity index (χ3v) is 4.23. The summed E-state index contributed by atoms with van der Waals surface area (Å²) in [7, 11) is 0. The first kappa shape index (κ1) is 25.5. The Morgan fingerprint density at radius 3 is 2.44 bits per heavy atom. The highest BCUT2D eigenvalue weighted by molar-refractivity contribution is 14.0. The van der Waals surface area contributed by atoms with Gasteiger partial charge in [-0.2, -0.15) is 13.2 Å². The van der Waals surface area contributed by atoms with Gasteiger partial charge in [0.2, 0.25) is 0 Å². The molecule has 3 aromatic rings. The van der Waals surface area contributed by atoms with Gasteiger partial charge in [0.05, 0.1) is 25.0 Å². The van der Waals surface area contributed by atoms with Crippen molar-refractivity contribution in [3.8, 4) is 17.0 Å². The summed E-state index contributed by atoms with van der Waals surface area (Å²) in [6.45, 7) is 2.16. The highest BCUT2D eigenvalue weighted by Gasteiger charge is 2.28. The van der Waals surface area contributed by atoms with Crippen molar-refractivity contribution >= 4 is 29.9 Å². The minimum atomic E-state index is -4.36. The lowest BCUT2D eigenvalue weighted by Gasteiger charge is -2.11. The van der Waals surface area contributed by atoms with Crippen LogP contribution in [0.4, 0.5) is 13.2 Å². The summed E-state index contributed by atoms with van der Waals surface area (Å²) in [5, 5.41) is 6.37. The quantitative estimate of drug-likeness (QED) is 0.209. The summed E-state index contributed by atoms with van der Waals surface area (Å²) in [5.41, 5.74) is 2.84. The monoisotopic (exact) mass is 559 g/mol. The summed E-state index contributed by atoms with van der Waals surface area (Å²) in [6.07, 6.45) is -2.57. The first-order valence-electron chi connectivity index (χ1n) is 9.83. The van der Waals surface area contributed by atoms with Crippen LogP contribution in [0, 0.1) is 0 Å². The molecule has 32 heavy (non-hydrogen) atoms. The topological polar surface area (TPSA) is 74.3 Å². The SMILES string of the molecule is CCNC(=NCc1ccc(OCC(F)(F)F)cc1)NCc1ncc(-c2ccccc2)[nH]1.I. The lowest BCUT2D eigenvalue weighted by molar-refractivity contribution is -0.153. The minimum Gasteiger partial charge on any atom is -0.484 e. The molecule has 2 aromatic carbocycles. The second kappa shape index (κ2) is 12.3. The van der Waals surface area contributed by atoms with E-state index < -0.39 is 12.8 Å². The molecule has 10 heteroatoms. The third-order valence-electron chi connectivity index (χ3n) is 4.23. The Morgan fingerprint density at radius 2 is 1.78 bits per heavy atom. The lowest BCUT2D eigenvalue weighted by Crippen LogP contribution is -2.37. The second-order valence-electron chi connectivity index (χ2n) is 6.71. The molecule has 0 unspecified atom stereocenters. The van der Waals surface area contributed by atoms with Crippen LogP contribution in [0.15, 0.2) is 65.8 Å². The van der Waals surface area contributed by atoms with Crippen molar-refractivity contribution in [1.29, 1.82) is 0 Å². The van der Waals surface area contributed by atoms with Crippen molar-refractivity contribution in [3.05, 3.63) is 72.2 Å². The van der Waals surface area contributed by atoms with E-state index in [1.807, 2.05) is 37.3 Å². The number of alkyl halides is 3. The Morgan fingerprint density at radius 1 is 1.06 bits per heavy atom. The molecule has 1 heterocycles. The second-order valence-corrected chi connectivity index (χ2v) is 6.71. The highest BCUT2D eigenvalue weighted by atomic mass is 127. The molecule has 0 spiro atoms. The van der Waals surface area contributed by atoms with Crippen molar-refractivity contribution in [2.45, 2.75) is 26.2 Å². The van der Waals surface area contributed by atoms with Gasteiger partial charge < -0.3 is 20.4 Å². The lowest BCUT2D eigenvalue weighted by atomic mass is 10.2. The van der Waals surface area contributed by atoms with Crippen LogP contribution in [-0.2, 0) is 13.1 Å². The van der Waals surface area contributed by atoms with Crippen LogP contribution in [0.5, 0.6) is 5.75 Å². The number of guanidine groups is 1. The van der Waals surface area contributed by atoms with Gasteiger partial charge in [0.25, 0.3) is 0 Å². The zero-order valence-corrected chi connectivity index (χ0v) is 19.8. The molecule has 6 nitrogen and oxygen atoms in total. The fraction of sp³-hybridized carbons (Fsp3) is 0.273. The molecule has 0 atom stereocenters. The third kappa shape index (κ3) is 8.40. The van der Waals surface area contributed by atoms with Gasteiger partial charge >= 0.3 is 6.18 Å². The number of H-pyrrole nitrogens is 1. The van der Waals surface area contributed by atoms with E-state index in [-0.39, 0.29) is 29.7 Å². The summed E-state index contributed by atoms with van der Waals surface area (Å²) >= 11 is 0. The number of aliphatic imine (C=N–C) groups is 1. The Labute approximate surface area is 201 Å². The van der Waals surface area contributed by atoms with Crippen LogP contribution >= 0.6 is 24.0 Å². The molecule has 0 amide bonds. The number of halogens is 4. The number of rotatable bonds is 8. The van der Waals surface area contributed by atoms with Gasteiger partial charge in [-0.05, 0) is 30.2 Å². The first-order valence-corrected chi connectivity index (χ1v) is 9.83. The Bertz CT molecular complexity index is 975. The number of nitrogens with one attached hydrogen (secondary N) is 3. The Balaban J connectivity index is 0.00000363. The van der Waals surface area contributed by atoms with Gasteiger partial charge in [-0.3, -0.25) is 0 Å². The average molecular weight is 559 g/mol.